The maximum atomic E-state index is 12.3. The second-order valence-electron chi connectivity index (χ2n) is 5.69. The fourth-order valence-corrected chi connectivity index (χ4v) is 2.89. The standard InChI is InChI=1S/C16H24N2O/c1-12-5-3-4-6-15(12)13(2)9-16(19)18-8-7-14(10-17)11-18/h3-6,13-14H,7-11,17H2,1-2H3/t13-,14+/m1/s1. The van der Waals surface area contributed by atoms with Crippen LogP contribution in [-0.4, -0.2) is 30.4 Å². The van der Waals surface area contributed by atoms with Gasteiger partial charge in [0.1, 0.15) is 0 Å². The largest absolute Gasteiger partial charge is 0.342 e. The van der Waals surface area contributed by atoms with Crippen molar-refractivity contribution in [3.8, 4) is 0 Å². The predicted molar refractivity (Wildman–Crippen MR) is 78.0 cm³/mol. The van der Waals surface area contributed by atoms with Crippen LogP contribution < -0.4 is 5.73 Å². The third-order valence-electron chi connectivity index (χ3n) is 4.17. The van der Waals surface area contributed by atoms with Crippen LogP contribution in [0.1, 0.15) is 36.8 Å². The number of amides is 1. The van der Waals surface area contributed by atoms with Crippen LogP contribution >= 0.6 is 0 Å². The van der Waals surface area contributed by atoms with Gasteiger partial charge in [0.05, 0.1) is 0 Å². The maximum absolute atomic E-state index is 12.3. The molecule has 19 heavy (non-hydrogen) atoms. The number of hydrogen-bond donors (Lipinski definition) is 1. The van der Waals surface area contributed by atoms with Gasteiger partial charge in [-0.05, 0) is 42.9 Å². The first kappa shape index (κ1) is 14.1. The molecule has 0 unspecified atom stereocenters. The van der Waals surface area contributed by atoms with Crippen LogP contribution in [0.4, 0.5) is 0 Å². The highest BCUT2D eigenvalue weighted by molar-refractivity contribution is 5.77. The first-order chi connectivity index (χ1) is 9.11. The summed E-state index contributed by atoms with van der Waals surface area (Å²) in [6.07, 6.45) is 1.66. The average Bonchev–Trinajstić information content (AvgIpc) is 2.88. The second kappa shape index (κ2) is 6.20. The molecule has 1 heterocycles. The van der Waals surface area contributed by atoms with E-state index in [0.717, 1.165) is 19.5 Å². The Balaban J connectivity index is 1.94. The van der Waals surface area contributed by atoms with Crippen LogP contribution in [0.25, 0.3) is 0 Å². The van der Waals surface area contributed by atoms with Gasteiger partial charge in [0.25, 0.3) is 0 Å². The molecule has 0 spiro atoms. The van der Waals surface area contributed by atoms with E-state index in [4.69, 9.17) is 5.73 Å². The molecule has 1 aliphatic rings. The Bertz CT molecular complexity index is 444. The number of carbonyl (C=O) groups excluding carboxylic acids is 1. The van der Waals surface area contributed by atoms with Gasteiger partial charge < -0.3 is 10.6 Å². The number of hydrogen-bond acceptors (Lipinski definition) is 2. The van der Waals surface area contributed by atoms with Crippen molar-refractivity contribution in [2.75, 3.05) is 19.6 Å². The minimum Gasteiger partial charge on any atom is -0.342 e. The Kier molecular flexibility index (Phi) is 4.59. The fourth-order valence-electron chi connectivity index (χ4n) is 2.89. The summed E-state index contributed by atoms with van der Waals surface area (Å²) in [5, 5.41) is 0. The van der Waals surface area contributed by atoms with Crippen LogP contribution in [0.2, 0.25) is 0 Å². The SMILES string of the molecule is Cc1ccccc1[C@H](C)CC(=O)N1CC[C@@H](CN)C1. The van der Waals surface area contributed by atoms with Gasteiger partial charge in [-0.3, -0.25) is 4.79 Å². The van der Waals surface area contributed by atoms with Crippen LogP contribution in [-0.2, 0) is 4.79 Å². The molecule has 3 heteroatoms. The first-order valence-electron chi connectivity index (χ1n) is 7.15. The lowest BCUT2D eigenvalue weighted by molar-refractivity contribution is -0.130. The molecule has 0 aromatic heterocycles. The lowest BCUT2D eigenvalue weighted by Gasteiger charge is -2.20. The number of nitrogens with two attached hydrogens (primary N) is 1. The Morgan fingerprint density at radius 2 is 2.21 bits per heavy atom. The Labute approximate surface area is 115 Å². The number of aryl methyl sites for hydroxylation is 1. The van der Waals surface area contributed by atoms with E-state index < -0.39 is 0 Å². The molecule has 1 aromatic carbocycles. The van der Waals surface area contributed by atoms with Crippen molar-refractivity contribution < 1.29 is 4.79 Å². The van der Waals surface area contributed by atoms with Crippen molar-refractivity contribution in [1.29, 1.82) is 0 Å². The molecular weight excluding hydrogens is 236 g/mol. The van der Waals surface area contributed by atoms with E-state index in [2.05, 4.69) is 26.0 Å². The molecule has 1 saturated heterocycles. The Morgan fingerprint density at radius 3 is 2.84 bits per heavy atom. The lowest BCUT2D eigenvalue weighted by Crippen LogP contribution is -2.30. The van der Waals surface area contributed by atoms with Gasteiger partial charge in [0, 0.05) is 19.5 Å². The number of rotatable bonds is 4. The summed E-state index contributed by atoms with van der Waals surface area (Å²) in [4.78, 5) is 14.3. The van der Waals surface area contributed by atoms with Crippen LogP contribution in [0.15, 0.2) is 24.3 Å². The van der Waals surface area contributed by atoms with Crippen molar-refractivity contribution in [1.82, 2.24) is 4.90 Å². The van der Waals surface area contributed by atoms with E-state index in [1.54, 1.807) is 0 Å². The number of nitrogens with zero attached hydrogens (tertiary/aromatic N) is 1. The van der Waals surface area contributed by atoms with Gasteiger partial charge in [-0.1, -0.05) is 31.2 Å². The lowest BCUT2D eigenvalue weighted by atomic mass is 9.93. The molecule has 1 fully saturated rings. The zero-order valence-electron chi connectivity index (χ0n) is 11.9. The monoisotopic (exact) mass is 260 g/mol. The summed E-state index contributed by atoms with van der Waals surface area (Å²) in [7, 11) is 0. The average molecular weight is 260 g/mol. The quantitative estimate of drug-likeness (QED) is 0.903. The molecule has 1 aromatic rings. The summed E-state index contributed by atoms with van der Waals surface area (Å²) in [6, 6.07) is 8.32. The zero-order chi connectivity index (χ0) is 13.8. The van der Waals surface area contributed by atoms with Gasteiger partial charge in [0.15, 0.2) is 0 Å². The summed E-state index contributed by atoms with van der Waals surface area (Å²) in [6.45, 7) is 6.65. The topological polar surface area (TPSA) is 46.3 Å². The molecule has 0 saturated carbocycles. The summed E-state index contributed by atoms with van der Waals surface area (Å²) < 4.78 is 0. The van der Waals surface area contributed by atoms with Crippen molar-refractivity contribution in [2.24, 2.45) is 11.7 Å². The van der Waals surface area contributed by atoms with Crippen LogP contribution in [0, 0.1) is 12.8 Å². The molecule has 2 rings (SSSR count). The number of carbonyl (C=O) groups is 1. The summed E-state index contributed by atoms with van der Waals surface area (Å²) >= 11 is 0. The zero-order valence-corrected chi connectivity index (χ0v) is 11.9. The van der Waals surface area contributed by atoms with Crippen molar-refractivity contribution in [3.05, 3.63) is 35.4 Å². The summed E-state index contributed by atoms with van der Waals surface area (Å²) in [5.41, 5.74) is 8.22. The smallest absolute Gasteiger partial charge is 0.223 e. The maximum Gasteiger partial charge on any atom is 0.223 e. The van der Waals surface area contributed by atoms with Crippen LogP contribution in [0.3, 0.4) is 0 Å². The molecule has 0 bridgehead atoms. The van der Waals surface area contributed by atoms with E-state index >= 15 is 0 Å². The second-order valence-corrected chi connectivity index (χ2v) is 5.69. The highest BCUT2D eigenvalue weighted by Gasteiger charge is 2.26. The first-order valence-corrected chi connectivity index (χ1v) is 7.15. The minimum absolute atomic E-state index is 0.270. The van der Waals surface area contributed by atoms with Gasteiger partial charge in [-0.15, -0.1) is 0 Å². The molecule has 1 amide bonds. The Morgan fingerprint density at radius 1 is 1.47 bits per heavy atom. The molecule has 2 N–H and O–H groups in total. The minimum atomic E-state index is 0.270. The third kappa shape index (κ3) is 3.35. The normalized spacial score (nSPS) is 20.6. The van der Waals surface area contributed by atoms with Gasteiger partial charge in [0.2, 0.25) is 5.91 Å². The highest BCUT2D eigenvalue weighted by Crippen LogP contribution is 2.24. The highest BCUT2D eigenvalue weighted by atomic mass is 16.2. The van der Waals surface area contributed by atoms with Crippen LogP contribution in [0.5, 0.6) is 0 Å². The third-order valence-corrected chi connectivity index (χ3v) is 4.17. The number of likely N-dealkylation sites (tertiary alicyclic amines) is 1. The van der Waals surface area contributed by atoms with E-state index in [-0.39, 0.29) is 11.8 Å². The molecular formula is C16H24N2O. The van der Waals surface area contributed by atoms with Crippen molar-refractivity contribution in [2.45, 2.75) is 32.6 Å². The van der Waals surface area contributed by atoms with E-state index in [0.29, 0.717) is 18.9 Å². The molecule has 0 radical (unpaired) electrons. The van der Waals surface area contributed by atoms with Crippen molar-refractivity contribution in [3.63, 3.8) is 0 Å². The van der Waals surface area contributed by atoms with E-state index in [1.165, 1.54) is 11.1 Å². The van der Waals surface area contributed by atoms with E-state index in [1.807, 2.05) is 17.0 Å². The Hall–Kier alpha value is -1.35. The van der Waals surface area contributed by atoms with Gasteiger partial charge in [-0.25, -0.2) is 0 Å². The van der Waals surface area contributed by atoms with E-state index in [9.17, 15) is 4.79 Å². The molecule has 2 atom stereocenters. The summed E-state index contributed by atoms with van der Waals surface area (Å²) in [5.74, 6) is 1.05. The molecule has 1 aliphatic heterocycles. The molecule has 3 nitrogen and oxygen atoms in total. The predicted octanol–water partition coefficient (Wildman–Crippen LogP) is 2.30. The fraction of sp³-hybridized carbons (Fsp3) is 0.562. The van der Waals surface area contributed by atoms with Gasteiger partial charge in [-0.2, -0.15) is 0 Å². The van der Waals surface area contributed by atoms with Crippen molar-refractivity contribution >= 4 is 5.91 Å². The number of benzene rings is 1. The molecule has 104 valence electrons. The van der Waals surface area contributed by atoms with Gasteiger partial charge >= 0.3 is 0 Å². The molecule has 0 aliphatic carbocycles.